The van der Waals surface area contributed by atoms with Gasteiger partial charge in [-0.1, -0.05) is 13.3 Å². The third-order valence-corrected chi connectivity index (χ3v) is 4.31. The van der Waals surface area contributed by atoms with Gasteiger partial charge in [0.2, 0.25) is 0 Å². The SMILES string of the molecule is CC(CCCN1CCCCC1)CCOc1ccc(F)cc1.Cl. The lowest BCUT2D eigenvalue weighted by Crippen LogP contribution is -2.30. The Balaban J connectivity index is 0.00000242. The third kappa shape index (κ3) is 7.46. The summed E-state index contributed by atoms with van der Waals surface area (Å²) in [5.41, 5.74) is 0. The number of nitrogens with zero attached hydrogens (tertiary/aromatic N) is 1. The van der Waals surface area contributed by atoms with Crippen LogP contribution in [0.2, 0.25) is 0 Å². The molecule has 0 spiro atoms. The average molecular weight is 330 g/mol. The summed E-state index contributed by atoms with van der Waals surface area (Å²) in [7, 11) is 0. The largest absolute Gasteiger partial charge is 0.494 e. The first-order valence-electron chi connectivity index (χ1n) is 8.35. The molecule has 1 fully saturated rings. The van der Waals surface area contributed by atoms with Crippen molar-refractivity contribution in [3.63, 3.8) is 0 Å². The Hall–Kier alpha value is -0.800. The molecule has 0 radical (unpaired) electrons. The van der Waals surface area contributed by atoms with Gasteiger partial charge in [-0.05, 0) is 81.9 Å². The number of halogens is 2. The molecule has 4 heteroatoms. The Morgan fingerprint density at radius 1 is 1.09 bits per heavy atom. The molecule has 1 aromatic rings. The molecule has 0 aromatic heterocycles. The van der Waals surface area contributed by atoms with Crippen molar-refractivity contribution in [2.75, 3.05) is 26.2 Å². The molecule has 0 saturated carbocycles. The van der Waals surface area contributed by atoms with E-state index in [0.29, 0.717) is 5.92 Å². The molecule has 1 heterocycles. The second kappa shape index (κ2) is 10.8. The molecule has 0 N–H and O–H groups in total. The monoisotopic (exact) mass is 329 g/mol. The van der Waals surface area contributed by atoms with Gasteiger partial charge in [-0.25, -0.2) is 4.39 Å². The summed E-state index contributed by atoms with van der Waals surface area (Å²) >= 11 is 0. The molecule has 2 nitrogen and oxygen atoms in total. The van der Waals surface area contributed by atoms with E-state index in [1.807, 2.05) is 0 Å². The summed E-state index contributed by atoms with van der Waals surface area (Å²) in [6.45, 7) is 6.86. The molecule has 1 aliphatic rings. The highest BCUT2D eigenvalue weighted by Crippen LogP contribution is 2.16. The molecule has 0 aliphatic carbocycles. The van der Waals surface area contributed by atoms with Crippen molar-refractivity contribution in [2.24, 2.45) is 5.92 Å². The molecule has 0 amide bonds. The van der Waals surface area contributed by atoms with Crippen molar-refractivity contribution in [3.05, 3.63) is 30.1 Å². The van der Waals surface area contributed by atoms with Gasteiger partial charge in [0.05, 0.1) is 6.61 Å². The molecular formula is C18H29ClFNO. The molecule has 1 atom stereocenters. The fourth-order valence-corrected chi connectivity index (χ4v) is 2.90. The van der Waals surface area contributed by atoms with E-state index in [-0.39, 0.29) is 18.2 Å². The lowest BCUT2D eigenvalue weighted by atomic mass is 10.0. The highest BCUT2D eigenvalue weighted by Gasteiger charge is 2.10. The third-order valence-electron chi connectivity index (χ3n) is 4.31. The zero-order chi connectivity index (χ0) is 14.9. The summed E-state index contributed by atoms with van der Waals surface area (Å²) in [4.78, 5) is 2.60. The van der Waals surface area contributed by atoms with Crippen LogP contribution in [-0.4, -0.2) is 31.1 Å². The predicted molar refractivity (Wildman–Crippen MR) is 92.4 cm³/mol. The zero-order valence-electron chi connectivity index (χ0n) is 13.6. The van der Waals surface area contributed by atoms with Gasteiger partial charge < -0.3 is 9.64 Å². The summed E-state index contributed by atoms with van der Waals surface area (Å²) in [5, 5.41) is 0. The Bertz CT molecular complexity index is 393. The number of ether oxygens (including phenoxy) is 1. The van der Waals surface area contributed by atoms with Gasteiger partial charge in [0.15, 0.2) is 0 Å². The maximum Gasteiger partial charge on any atom is 0.123 e. The normalized spacial score (nSPS) is 16.8. The van der Waals surface area contributed by atoms with Gasteiger partial charge in [-0.2, -0.15) is 0 Å². The van der Waals surface area contributed by atoms with Gasteiger partial charge in [-0.15, -0.1) is 12.4 Å². The minimum absolute atomic E-state index is 0. The maximum absolute atomic E-state index is 12.8. The molecule has 126 valence electrons. The molecule has 1 aliphatic heterocycles. The standard InChI is InChI=1S/C18H28FNO.ClH/c1-16(6-5-14-20-12-3-2-4-13-20)11-15-21-18-9-7-17(19)8-10-18;/h7-10,16H,2-6,11-15H2,1H3;1H. The van der Waals surface area contributed by atoms with Crippen molar-refractivity contribution in [3.8, 4) is 5.75 Å². The highest BCUT2D eigenvalue weighted by molar-refractivity contribution is 5.85. The van der Waals surface area contributed by atoms with Crippen LogP contribution in [0.1, 0.15) is 45.4 Å². The molecular weight excluding hydrogens is 301 g/mol. The Labute approximate surface area is 140 Å². The van der Waals surface area contributed by atoms with Crippen molar-refractivity contribution < 1.29 is 9.13 Å². The zero-order valence-corrected chi connectivity index (χ0v) is 14.4. The first-order valence-corrected chi connectivity index (χ1v) is 8.35. The van der Waals surface area contributed by atoms with E-state index < -0.39 is 0 Å². The second-order valence-corrected chi connectivity index (χ2v) is 6.24. The van der Waals surface area contributed by atoms with Crippen LogP contribution < -0.4 is 4.74 Å². The van der Waals surface area contributed by atoms with E-state index in [9.17, 15) is 4.39 Å². The summed E-state index contributed by atoms with van der Waals surface area (Å²) in [6, 6.07) is 6.27. The van der Waals surface area contributed by atoms with Gasteiger partial charge in [0, 0.05) is 0 Å². The second-order valence-electron chi connectivity index (χ2n) is 6.24. The maximum atomic E-state index is 12.8. The lowest BCUT2D eigenvalue weighted by molar-refractivity contribution is 0.216. The topological polar surface area (TPSA) is 12.5 Å². The van der Waals surface area contributed by atoms with Gasteiger partial charge in [-0.3, -0.25) is 0 Å². The predicted octanol–water partition coefficient (Wildman–Crippen LogP) is 4.92. The first kappa shape index (κ1) is 19.2. The molecule has 0 bridgehead atoms. The Morgan fingerprint density at radius 3 is 2.45 bits per heavy atom. The fourth-order valence-electron chi connectivity index (χ4n) is 2.90. The van der Waals surface area contributed by atoms with E-state index in [2.05, 4.69) is 11.8 Å². The number of hydrogen-bond donors (Lipinski definition) is 0. The van der Waals surface area contributed by atoms with Crippen molar-refractivity contribution in [1.29, 1.82) is 0 Å². The van der Waals surface area contributed by atoms with E-state index in [4.69, 9.17) is 4.74 Å². The average Bonchev–Trinajstić information content (AvgIpc) is 2.50. The van der Waals surface area contributed by atoms with Crippen LogP contribution in [0, 0.1) is 11.7 Å². The number of likely N-dealkylation sites (tertiary alicyclic amines) is 1. The van der Waals surface area contributed by atoms with Crippen LogP contribution in [0.15, 0.2) is 24.3 Å². The Morgan fingerprint density at radius 2 is 1.77 bits per heavy atom. The first-order chi connectivity index (χ1) is 10.2. The summed E-state index contributed by atoms with van der Waals surface area (Å²) in [5.74, 6) is 1.24. The minimum Gasteiger partial charge on any atom is -0.494 e. The number of benzene rings is 1. The van der Waals surface area contributed by atoms with E-state index in [1.54, 1.807) is 12.1 Å². The summed E-state index contributed by atoms with van der Waals surface area (Å²) in [6.07, 6.45) is 7.79. The highest BCUT2D eigenvalue weighted by atomic mass is 35.5. The number of piperidine rings is 1. The minimum atomic E-state index is -0.214. The summed E-state index contributed by atoms with van der Waals surface area (Å²) < 4.78 is 18.4. The fraction of sp³-hybridized carbons (Fsp3) is 0.667. The number of hydrogen-bond acceptors (Lipinski definition) is 2. The number of rotatable bonds is 8. The van der Waals surface area contributed by atoms with Crippen LogP contribution in [0.5, 0.6) is 5.75 Å². The van der Waals surface area contributed by atoms with Crippen LogP contribution >= 0.6 is 12.4 Å². The van der Waals surface area contributed by atoms with Gasteiger partial charge in [0.1, 0.15) is 11.6 Å². The van der Waals surface area contributed by atoms with Crippen LogP contribution in [0.3, 0.4) is 0 Å². The lowest BCUT2D eigenvalue weighted by Gasteiger charge is -2.26. The van der Waals surface area contributed by atoms with Crippen LogP contribution in [0.4, 0.5) is 4.39 Å². The molecule has 1 saturated heterocycles. The molecule has 1 aromatic carbocycles. The smallest absolute Gasteiger partial charge is 0.123 e. The van der Waals surface area contributed by atoms with E-state index in [0.717, 1.165) is 18.8 Å². The quantitative estimate of drug-likeness (QED) is 0.671. The van der Waals surface area contributed by atoms with Gasteiger partial charge >= 0.3 is 0 Å². The molecule has 22 heavy (non-hydrogen) atoms. The van der Waals surface area contributed by atoms with E-state index >= 15 is 0 Å². The Kier molecular flexibility index (Phi) is 9.49. The van der Waals surface area contributed by atoms with Crippen molar-refractivity contribution in [1.82, 2.24) is 4.90 Å². The van der Waals surface area contributed by atoms with E-state index in [1.165, 1.54) is 63.9 Å². The van der Waals surface area contributed by atoms with Crippen molar-refractivity contribution in [2.45, 2.75) is 45.4 Å². The van der Waals surface area contributed by atoms with Gasteiger partial charge in [0.25, 0.3) is 0 Å². The van der Waals surface area contributed by atoms with Crippen LogP contribution in [-0.2, 0) is 0 Å². The molecule has 2 rings (SSSR count). The van der Waals surface area contributed by atoms with Crippen LogP contribution in [0.25, 0.3) is 0 Å². The van der Waals surface area contributed by atoms with Crippen molar-refractivity contribution >= 4 is 12.4 Å². The molecule has 1 unspecified atom stereocenters.